The number of aliphatic hydroxyl groups excluding tert-OH is 1. The predicted octanol–water partition coefficient (Wildman–Crippen LogP) is 2.95. The van der Waals surface area contributed by atoms with Gasteiger partial charge in [0.25, 0.3) is 0 Å². The summed E-state index contributed by atoms with van der Waals surface area (Å²) in [7, 11) is 1.66. The average Bonchev–Trinajstić information content (AvgIpc) is 2.87. The number of fused-ring (bicyclic) bond motifs is 1. The van der Waals surface area contributed by atoms with Gasteiger partial charge in [-0.05, 0) is 41.0 Å². The van der Waals surface area contributed by atoms with Gasteiger partial charge in [-0.25, -0.2) is 14.4 Å². The molecule has 2 atom stereocenters. The van der Waals surface area contributed by atoms with Gasteiger partial charge in [-0.1, -0.05) is 26.0 Å². The molecule has 196 valence electrons. The highest BCUT2D eigenvalue weighted by Gasteiger charge is 2.31. The molecule has 3 N–H and O–H groups in total. The number of aromatic nitrogens is 3. The van der Waals surface area contributed by atoms with E-state index in [0.29, 0.717) is 48.9 Å². The van der Waals surface area contributed by atoms with Gasteiger partial charge in [0.05, 0.1) is 19.2 Å². The van der Waals surface area contributed by atoms with Crippen LogP contribution in [0.4, 0.5) is 22.0 Å². The summed E-state index contributed by atoms with van der Waals surface area (Å²) in [6.07, 6.45) is 1.66. The predicted molar refractivity (Wildman–Crippen MR) is 142 cm³/mol. The minimum Gasteiger partial charge on any atom is -0.390 e. The van der Waals surface area contributed by atoms with Crippen molar-refractivity contribution in [2.45, 2.75) is 44.4 Å². The van der Waals surface area contributed by atoms with Crippen molar-refractivity contribution in [1.82, 2.24) is 25.2 Å². The zero-order valence-corrected chi connectivity index (χ0v) is 21.5. The molecule has 0 radical (unpaired) electrons. The second kappa shape index (κ2) is 10.5. The molecule has 37 heavy (non-hydrogen) atoms. The number of likely N-dealkylation sites (tertiary alicyclic amines) is 1. The van der Waals surface area contributed by atoms with Gasteiger partial charge in [-0.3, -0.25) is 9.69 Å². The Bertz CT molecular complexity index is 1280. The molecule has 2 aliphatic rings. The minimum absolute atomic E-state index is 0.0334. The molecule has 5 rings (SSSR count). The zero-order valence-electron chi connectivity index (χ0n) is 21.5. The first-order chi connectivity index (χ1) is 17.8. The molecule has 0 spiro atoms. The maximum Gasteiger partial charge on any atom is 0.233 e. The van der Waals surface area contributed by atoms with Crippen LogP contribution in [0.15, 0.2) is 36.7 Å². The van der Waals surface area contributed by atoms with Crippen molar-refractivity contribution < 1.29 is 14.3 Å². The van der Waals surface area contributed by atoms with E-state index in [2.05, 4.69) is 57.5 Å². The van der Waals surface area contributed by atoms with Crippen LogP contribution >= 0.6 is 0 Å². The topological polar surface area (TPSA) is 107 Å². The Morgan fingerprint density at radius 2 is 1.97 bits per heavy atom. The standard InChI is InChI=1S/C27H34FN7O2/c1-16(2)18-4-5-19(17-12-34(13-17)15-26(37)29-3)21-11-31-25(10-20(18)21)32-24-6-8-30-27(33-24)35-9-7-23(36)22(28)14-35/h4-6,8,10-11,16-17,22-23,36H,7,9,12-15H2,1-3H3,(H,29,37)(H,30,31,32,33). The van der Waals surface area contributed by atoms with E-state index in [0.717, 1.165) is 23.9 Å². The second-order valence-electron chi connectivity index (χ2n) is 10.3. The Balaban J connectivity index is 1.38. The number of aliphatic hydroxyl groups is 1. The van der Waals surface area contributed by atoms with Gasteiger partial charge in [-0.15, -0.1) is 0 Å². The number of carbonyl (C=O) groups excluding carboxylic acids is 1. The summed E-state index contributed by atoms with van der Waals surface area (Å²) >= 11 is 0. The summed E-state index contributed by atoms with van der Waals surface area (Å²) in [6, 6.07) is 8.23. The van der Waals surface area contributed by atoms with Gasteiger partial charge in [0, 0.05) is 50.4 Å². The van der Waals surface area contributed by atoms with E-state index < -0.39 is 12.3 Å². The van der Waals surface area contributed by atoms with Crippen LogP contribution in [-0.2, 0) is 4.79 Å². The fraction of sp³-hybridized carbons (Fsp3) is 0.481. The van der Waals surface area contributed by atoms with Gasteiger partial charge < -0.3 is 20.6 Å². The van der Waals surface area contributed by atoms with Crippen LogP contribution in [0.5, 0.6) is 0 Å². The Morgan fingerprint density at radius 3 is 2.70 bits per heavy atom. The highest BCUT2D eigenvalue weighted by molar-refractivity contribution is 5.91. The van der Waals surface area contributed by atoms with E-state index in [1.54, 1.807) is 24.2 Å². The molecule has 2 aromatic heterocycles. The summed E-state index contributed by atoms with van der Waals surface area (Å²) in [5.41, 5.74) is 2.50. The van der Waals surface area contributed by atoms with Crippen LogP contribution in [-0.4, -0.2) is 82.9 Å². The molecule has 1 aromatic carbocycles. The summed E-state index contributed by atoms with van der Waals surface area (Å²) < 4.78 is 14.0. The number of hydrogen-bond donors (Lipinski definition) is 3. The quantitative estimate of drug-likeness (QED) is 0.448. The number of nitrogens with zero attached hydrogens (tertiary/aromatic N) is 5. The third-order valence-electron chi connectivity index (χ3n) is 7.32. The Labute approximate surface area is 216 Å². The maximum absolute atomic E-state index is 14.0. The number of pyridine rings is 1. The Hall–Kier alpha value is -3.37. The smallest absolute Gasteiger partial charge is 0.233 e. The fourth-order valence-corrected chi connectivity index (χ4v) is 5.16. The first-order valence-electron chi connectivity index (χ1n) is 12.8. The highest BCUT2D eigenvalue weighted by Crippen LogP contribution is 2.36. The number of likely N-dealkylation sites (N-methyl/N-ethyl adjacent to an activating group) is 1. The first-order valence-corrected chi connectivity index (χ1v) is 12.8. The van der Waals surface area contributed by atoms with Crippen LogP contribution in [0, 0.1) is 0 Å². The van der Waals surface area contributed by atoms with Crippen molar-refractivity contribution in [3.05, 3.63) is 47.8 Å². The molecule has 2 aliphatic heterocycles. The number of halogens is 1. The maximum atomic E-state index is 14.0. The molecule has 4 heterocycles. The van der Waals surface area contributed by atoms with Gasteiger partial charge in [0.15, 0.2) is 0 Å². The molecule has 10 heteroatoms. The number of benzene rings is 1. The van der Waals surface area contributed by atoms with Crippen molar-refractivity contribution in [3.8, 4) is 0 Å². The van der Waals surface area contributed by atoms with Crippen molar-refractivity contribution in [1.29, 1.82) is 0 Å². The van der Waals surface area contributed by atoms with Crippen LogP contribution < -0.4 is 15.5 Å². The lowest BCUT2D eigenvalue weighted by molar-refractivity contribution is -0.122. The van der Waals surface area contributed by atoms with E-state index >= 15 is 0 Å². The molecule has 0 bridgehead atoms. The van der Waals surface area contributed by atoms with Crippen LogP contribution in [0.2, 0.25) is 0 Å². The lowest BCUT2D eigenvalue weighted by Crippen LogP contribution is -2.49. The van der Waals surface area contributed by atoms with Crippen LogP contribution in [0.1, 0.15) is 43.2 Å². The normalized spacial score (nSPS) is 20.8. The average molecular weight is 508 g/mol. The summed E-state index contributed by atoms with van der Waals surface area (Å²) in [5.74, 6) is 2.41. The fourth-order valence-electron chi connectivity index (χ4n) is 5.16. The molecule has 2 saturated heterocycles. The molecule has 1 amide bonds. The van der Waals surface area contributed by atoms with Crippen molar-refractivity contribution in [2.75, 3.05) is 50.0 Å². The largest absolute Gasteiger partial charge is 0.390 e. The van der Waals surface area contributed by atoms with Crippen LogP contribution in [0.25, 0.3) is 10.8 Å². The van der Waals surface area contributed by atoms with Crippen LogP contribution in [0.3, 0.4) is 0 Å². The number of alkyl halides is 1. The molecule has 9 nitrogen and oxygen atoms in total. The number of nitrogens with one attached hydrogen (secondary N) is 2. The zero-order chi connectivity index (χ0) is 26.1. The van der Waals surface area contributed by atoms with Gasteiger partial charge in [0.1, 0.15) is 17.8 Å². The monoisotopic (exact) mass is 507 g/mol. The number of piperidine rings is 1. The third kappa shape index (κ3) is 5.35. The SMILES string of the molecule is CNC(=O)CN1CC(c2ccc(C(C)C)c3cc(Nc4ccnc(N5CCC(O)C(F)C5)n4)ncc23)C1. The molecule has 0 aliphatic carbocycles. The van der Waals surface area contributed by atoms with E-state index in [1.165, 1.54) is 11.1 Å². The molecular formula is C27H34FN7O2. The van der Waals surface area contributed by atoms with E-state index in [-0.39, 0.29) is 12.5 Å². The van der Waals surface area contributed by atoms with E-state index in [1.807, 2.05) is 6.20 Å². The molecule has 0 saturated carbocycles. The number of hydrogen-bond acceptors (Lipinski definition) is 8. The van der Waals surface area contributed by atoms with E-state index in [9.17, 15) is 14.3 Å². The van der Waals surface area contributed by atoms with Crippen molar-refractivity contribution in [3.63, 3.8) is 0 Å². The lowest BCUT2D eigenvalue weighted by atomic mass is 9.85. The van der Waals surface area contributed by atoms with Gasteiger partial charge in [-0.2, -0.15) is 4.98 Å². The van der Waals surface area contributed by atoms with Crippen molar-refractivity contribution in [2.24, 2.45) is 0 Å². The first kappa shape index (κ1) is 25.3. The number of anilines is 3. The van der Waals surface area contributed by atoms with Gasteiger partial charge >= 0.3 is 0 Å². The summed E-state index contributed by atoms with van der Waals surface area (Å²) in [5, 5.41) is 17.9. The second-order valence-corrected chi connectivity index (χ2v) is 10.3. The lowest BCUT2D eigenvalue weighted by Gasteiger charge is -2.39. The third-order valence-corrected chi connectivity index (χ3v) is 7.32. The number of rotatable bonds is 7. The Kier molecular flexibility index (Phi) is 7.21. The van der Waals surface area contributed by atoms with Crippen molar-refractivity contribution >= 4 is 34.3 Å². The molecule has 2 fully saturated rings. The van der Waals surface area contributed by atoms with E-state index in [4.69, 9.17) is 4.98 Å². The summed E-state index contributed by atoms with van der Waals surface area (Å²) in [4.78, 5) is 29.2. The molecule has 3 aromatic rings. The Morgan fingerprint density at radius 1 is 1.16 bits per heavy atom. The molecule has 2 unspecified atom stereocenters. The van der Waals surface area contributed by atoms with Gasteiger partial charge in [0.2, 0.25) is 11.9 Å². The summed E-state index contributed by atoms with van der Waals surface area (Å²) in [6.45, 7) is 7.05. The minimum atomic E-state index is -1.31. The molecular weight excluding hydrogens is 473 g/mol. The highest BCUT2D eigenvalue weighted by atomic mass is 19.1. The number of amides is 1. The number of carbonyl (C=O) groups is 1.